The van der Waals surface area contributed by atoms with Crippen LogP contribution in [-0.4, -0.2) is 30.1 Å². The van der Waals surface area contributed by atoms with Crippen molar-refractivity contribution in [2.75, 3.05) is 11.9 Å². The number of carbonyl (C=O) groups excluding carboxylic acids is 3. The van der Waals surface area contributed by atoms with Crippen LogP contribution in [0.25, 0.3) is 0 Å². The van der Waals surface area contributed by atoms with E-state index < -0.39 is 40.8 Å². The summed E-state index contributed by atoms with van der Waals surface area (Å²) < 4.78 is 44.4. The van der Waals surface area contributed by atoms with Crippen LogP contribution >= 0.6 is 0 Å². The van der Waals surface area contributed by atoms with E-state index in [1.54, 1.807) is 32.9 Å². The monoisotopic (exact) mass is 451 g/mol. The SMILES string of the molecule is CC(C)(C)OC(=O)NCC(=O)NCc1cccc(NC(=O)c2ccccc2C(F)(F)F)c1. The van der Waals surface area contributed by atoms with Crippen molar-refractivity contribution in [2.24, 2.45) is 0 Å². The summed E-state index contributed by atoms with van der Waals surface area (Å²) in [6.45, 7) is 4.87. The minimum atomic E-state index is -4.66. The second-order valence-electron chi connectivity index (χ2n) is 7.83. The van der Waals surface area contributed by atoms with Gasteiger partial charge in [0.2, 0.25) is 5.91 Å². The fourth-order valence-electron chi connectivity index (χ4n) is 2.62. The van der Waals surface area contributed by atoms with Gasteiger partial charge < -0.3 is 20.7 Å². The number of alkyl halides is 3. The number of ether oxygens (including phenoxy) is 1. The number of carbonyl (C=O) groups is 3. The summed E-state index contributed by atoms with van der Waals surface area (Å²) in [4.78, 5) is 35.8. The largest absolute Gasteiger partial charge is 0.444 e. The molecule has 0 saturated carbocycles. The van der Waals surface area contributed by atoms with Crippen molar-refractivity contribution in [3.05, 3.63) is 65.2 Å². The summed E-state index contributed by atoms with van der Waals surface area (Å²) >= 11 is 0. The van der Waals surface area contributed by atoms with Crippen molar-refractivity contribution in [3.8, 4) is 0 Å². The molecule has 0 atom stereocenters. The Bertz CT molecular complexity index is 985. The number of hydrogen-bond donors (Lipinski definition) is 3. The molecule has 0 bridgehead atoms. The smallest absolute Gasteiger partial charge is 0.417 e. The Morgan fingerprint density at radius 3 is 2.28 bits per heavy atom. The molecule has 2 aromatic carbocycles. The third kappa shape index (κ3) is 7.93. The van der Waals surface area contributed by atoms with E-state index in [0.717, 1.165) is 12.1 Å². The Hall–Kier alpha value is -3.56. The Morgan fingerprint density at radius 2 is 1.62 bits per heavy atom. The zero-order chi connectivity index (χ0) is 23.9. The van der Waals surface area contributed by atoms with Crippen LogP contribution in [0.15, 0.2) is 48.5 Å². The second kappa shape index (κ2) is 10.2. The van der Waals surface area contributed by atoms with Gasteiger partial charge in [0, 0.05) is 12.2 Å². The average molecular weight is 451 g/mol. The van der Waals surface area contributed by atoms with Gasteiger partial charge in [0.15, 0.2) is 0 Å². The highest BCUT2D eigenvalue weighted by Gasteiger charge is 2.34. The fraction of sp³-hybridized carbons (Fsp3) is 0.318. The van der Waals surface area contributed by atoms with Crippen LogP contribution in [0.1, 0.15) is 42.3 Å². The Morgan fingerprint density at radius 1 is 0.938 bits per heavy atom. The number of halogens is 3. The number of nitrogens with one attached hydrogen (secondary N) is 3. The summed E-state index contributed by atoms with van der Waals surface area (Å²) in [5, 5.41) is 7.35. The predicted molar refractivity (Wildman–Crippen MR) is 112 cm³/mol. The van der Waals surface area contributed by atoms with Crippen LogP contribution in [0.5, 0.6) is 0 Å². The van der Waals surface area contributed by atoms with Crippen molar-refractivity contribution < 1.29 is 32.3 Å². The zero-order valence-corrected chi connectivity index (χ0v) is 17.8. The molecule has 3 amide bonds. The molecule has 2 rings (SSSR count). The Balaban J connectivity index is 1.94. The molecule has 0 aromatic heterocycles. The van der Waals surface area contributed by atoms with E-state index in [2.05, 4.69) is 16.0 Å². The molecular weight excluding hydrogens is 427 g/mol. The third-order valence-electron chi connectivity index (χ3n) is 3.94. The molecule has 32 heavy (non-hydrogen) atoms. The lowest BCUT2D eigenvalue weighted by atomic mass is 10.1. The summed E-state index contributed by atoms with van der Waals surface area (Å²) in [5.41, 5.74) is -1.35. The normalized spacial score (nSPS) is 11.4. The molecule has 10 heteroatoms. The molecule has 0 unspecified atom stereocenters. The molecule has 0 aliphatic heterocycles. The third-order valence-corrected chi connectivity index (χ3v) is 3.94. The summed E-state index contributed by atoms with van der Waals surface area (Å²) in [6.07, 6.45) is -5.38. The van der Waals surface area contributed by atoms with E-state index in [-0.39, 0.29) is 18.8 Å². The van der Waals surface area contributed by atoms with Gasteiger partial charge in [0.1, 0.15) is 12.1 Å². The van der Waals surface area contributed by atoms with Crippen LogP contribution in [-0.2, 0) is 22.3 Å². The lowest BCUT2D eigenvalue weighted by molar-refractivity contribution is -0.137. The van der Waals surface area contributed by atoms with E-state index in [1.807, 2.05) is 0 Å². The van der Waals surface area contributed by atoms with Gasteiger partial charge in [-0.15, -0.1) is 0 Å². The van der Waals surface area contributed by atoms with E-state index in [0.29, 0.717) is 5.56 Å². The molecule has 0 fully saturated rings. The number of amides is 3. The predicted octanol–water partition coefficient (Wildman–Crippen LogP) is 4.10. The number of anilines is 1. The molecule has 0 spiro atoms. The molecule has 172 valence electrons. The molecule has 0 saturated heterocycles. The van der Waals surface area contributed by atoms with E-state index in [9.17, 15) is 27.6 Å². The number of alkyl carbamates (subject to hydrolysis) is 1. The number of rotatable bonds is 6. The summed E-state index contributed by atoms with van der Waals surface area (Å²) in [7, 11) is 0. The van der Waals surface area contributed by atoms with Crippen LogP contribution in [0, 0.1) is 0 Å². The van der Waals surface area contributed by atoms with Gasteiger partial charge in [0.25, 0.3) is 5.91 Å². The maximum absolute atomic E-state index is 13.1. The van der Waals surface area contributed by atoms with Crippen molar-refractivity contribution in [3.63, 3.8) is 0 Å². The van der Waals surface area contributed by atoms with Gasteiger partial charge in [-0.25, -0.2) is 4.79 Å². The van der Waals surface area contributed by atoms with Crippen LogP contribution in [0.4, 0.5) is 23.7 Å². The van der Waals surface area contributed by atoms with Crippen LogP contribution in [0.2, 0.25) is 0 Å². The minimum absolute atomic E-state index is 0.0810. The standard InChI is InChI=1S/C22H24F3N3O4/c1-21(2,3)32-20(31)27-13-18(29)26-12-14-7-6-8-15(11-14)28-19(30)16-9-4-5-10-17(16)22(23,24)25/h4-11H,12-13H2,1-3H3,(H,26,29)(H,27,31)(H,28,30). The quantitative estimate of drug-likeness (QED) is 0.616. The van der Waals surface area contributed by atoms with Crippen molar-refractivity contribution in [1.29, 1.82) is 0 Å². The summed E-state index contributed by atoms with van der Waals surface area (Å²) in [6, 6.07) is 10.8. The lowest BCUT2D eigenvalue weighted by Crippen LogP contribution is -2.39. The van der Waals surface area contributed by atoms with Gasteiger partial charge in [-0.1, -0.05) is 24.3 Å². The van der Waals surface area contributed by atoms with E-state index >= 15 is 0 Å². The Kier molecular flexibility index (Phi) is 7.85. The summed E-state index contributed by atoms with van der Waals surface area (Å²) in [5.74, 6) is -1.37. The van der Waals surface area contributed by atoms with Gasteiger partial charge >= 0.3 is 12.3 Å². The van der Waals surface area contributed by atoms with E-state index in [4.69, 9.17) is 4.74 Å². The first-order valence-corrected chi connectivity index (χ1v) is 9.65. The maximum Gasteiger partial charge on any atom is 0.417 e. The first-order chi connectivity index (χ1) is 14.8. The topological polar surface area (TPSA) is 96.5 Å². The first-order valence-electron chi connectivity index (χ1n) is 9.65. The van der Waals surface area contributed by atoms with Gasteiger partial charge in [-0.2, -0.15) is 13.2 Å². The molecule has 3 N–H and O–H groups in total. The number of benzene rings is 2. The molecular formula is C22H24F3N3O4. The molecule has 0 radical (unpaired) electrons. The molecule has 0 aliphatic carbocycles. The molecule has 2 aromatic rings. The highest BCUT2D eigenvalue weighted by molar-refractivity contribution is 6.05. The molecule has 0 heterocycles. The minimum Gasteiger partial charge on any atom is -0.444 e. The van der Waals surface area contributed by atoms with Gasteiger partial charge in [-0.05, 0) is 50.6 Å². The van der Waals surface area contributed by atoms with Gasteiger partial charge in [-0.3, -0.25) is 9.59 Å². The highest BCUT2D eigenvalue weighted by atomic mass is 19.4. The maximum atomic E-state index is 13.1. The lowest BCUT2D eigenvalue weighted by Gasteiger charge is -2.19. The van der Waals surface area contributed by atoms with Crippen molar-refractivity contribution >= 4 is 23.6 Å². The van der Waals surface area contributed by atoms with E-state index in [1.165, 1.54) is 24.3 Å². The van der Waals surface area contributed by atoms with Crippen molar-refractivity contribution in [1.82, 2.24) is 10.6 Å². The van der Waals surface area contributed by atoms with Crippen LogP contribution < -0.4 is 16.0 Å². The average Bonchev–Trinajstić information content (AvgIpc) is 2.69. The number of hydrogen-bond acceptors (Lipinski definition) is 4. The Labute approximate surface area is 183 Å². The fourth-order valence-corrected chi connectivity index (χ4v) is 2.62. The van der Waals surface area contributed by atoms with Crippen molar-refractivity contribution in [2.45, 2.75) is 39.1 Å². The second-order valence-corrected chi connectivity index (χ2v) is 7.83. The first kappa shape index (κ1) is 24.7. The van der Waals surface area contributed by atoms with Gasteiger partial charge in [0.05, 0.1) is 11.1 Å². The molecule has 7 nitrogen and oxygen atoms in total. The van der Waals surface area contributed by atoms with Crippen LogP contribution in [0.3, 0.4) is 0 Å². The zero-order valence-electron chi connectivity index (χ0n) is 17.8. The highest BCUT2D eigenvalue weighted by Crippen LogP contribution is 2.32. The molecule has 0 aliphatic rings.